The number of piperidine rings is 1. The third-order valence-corrected chi connectivity index (χ3v) is 4.90. The fourth-order valence-electron chi connectivity index (χ4n) is 3.69. The number of amidine groups is 1. The molecule has 0 aliphatic carbocycles. The van der Waals surface area contributed by atoms with Gasteiger partial charge in [0.2, 0.25) is 5.91 Å². The normalized spacial score (nSPS) is 21.4. The summed E-state index contributed by atoms with van der Waals surface area (Å²) in [4.78, 5) is 30.6. The number of fused-ring (bicyclic) bond motifs is 1. The lowest BCUT2D eigenvalue weighted by Gasteiger charge is -2.35. The molecule has 0 bridgehead atoms. The zero-order valence-corrected chi connectivity index (χ0v) is 15.0. The molecule has 0 saturated carbocycles. The van der Waals surface area contributed by atoms with Crippen molar-refractivity contribution in [2.24, 2.45) is 4.99 Å². The van der Waals surface area contributed by atoms with Crippen LogP contribution in [0.15, 0.2) is 53.5 Å². The number of rotatable bonds is 4. The van der Waals surface area contributed by atoms with Gasteiger partial charge >= 0.3 is 6.03 Å². The minimum absolute atomic E-state index is 0.160. The second-order valence-corrected chi connectivity index (χ2v) is 6.40. The molecule has 27 heavy (non-hydrogen) atoms. The lowest BCUT2D eigenvalue weighted by molar-refractivity contribution is -0.120. The van der Waals surface area contributed by atoms with Gasteiger partial charge in [-0.05, 0) is 29.8 Å². The number of amides is 3. The summed E-state index contributed by atoms with van der Waals surface area (Å²) in [6, 6.07) is 14.1. The smallest absolute Gasteiger partial charge is 0.350 e. The van der Waals surface area contributed by atoms with Crippen LogP contribution in [0.1, 0.15) is 17.9 Å². The Hall–Kier alpha value is -3.35. The second-order valence-electron chi connectivity index (χ2n) is 6.40. The zero-order valence-electron chi connectivity index (χ0n) is 15.0. The molecule has 2 aromatic rings. The number of methoxy groups -OCH3 is 2. The molecule has 4 rings (SSSR count). The van der Waals surface area contributed by atoms with Gasteiger partial charge in [-0.1, -0.05) is 24.3 Å². The lowest BCUT2D eigenvalue weighted by atomic mass is 9.84. The number of ether oxygens (including phenoxy) is 2. The molecule has 1 N–H and O–H groups in total. The lowest BCUT2D eigenvalue weighted by Crippen LogP contribution is -2.53. The maximum atomic E-state index is 12.6. The van der Waals surface area contributed by atoms with Crippen LogP contribution in [0.2, 0.25) is 0 Å². The first-order valence-corrected chi connectivity index (χ1v) is 8.61. The Labute approximate surface area is 156 Å². The molecule has 2 aromatic carbocycles. The number of carbonyl (C=O) groups excluding carboxylic acids is 2. The van der Waals surface area contributed by atoms with Crippen molar-refractivity contribution in [2.75, 3.05) is 19.1 Å². The Bertz CT molecular complexity index is 926. The van der Waals surface area contributed by atoms with Crippen molar-refractivity contribution in [3.63, 3.8) is 0 Å². The van der Waals surface area contributed by atoms with Gasteiger partial charge in [-0.2, -0.15) is 4.99 Å². The number of hydrogen-bond acceptors (Lipinski definition) is 4. The fraction of sp³-hybridized carbons (Fsp3) is 0.250. The van der Waals surface area contributed by atoms with E-state index in [1.165, 1.54) is 0 Å². The maximum absolute atomic E-state index is 12.6. The number of anilines is 1. The molecule has 2 aliphatic heterocycles. The van der Waals surface area contributed by atoms with Gasteiger partial charge < -0.3 is 14.8 Å². The minimum Gasteiger partial charge on any atom is -0.493 e. The Balaban J connectivity index is 1.78. The predicted octanol–water partition coefficient (Wildman–Crippen LogP) is 2.71. The average Bonchev–Trinajstić information content (AvgIpc) is 3.02. The van der Waals surface area contributed by atoms with E-state index in [1.807, 2.05) is 42.5 Å². The molecule has 0 aromatic heterocycles. The number of para-hydroxylation sites is 1. The topological polar surface area (TPSA) is 80.2 Å². The van der Waals surface area contributed by atoms with E-state index in [0.29, 0.717) is 17.3 Å². The maximum Gasteiger partial charge on any atom is 0.350 e. The van der Waals surface area contributed by atoms with Crippen LogP contribution < -0.4 is 19.7 Å². The quantitative estimate of drug-likeness (QED) is 0.903. The number of carbonyl (C=O) groups is 2. The highest BCUT2D eigenvalue weighted by molar-refractivity contribution is 6.18. The third kappa shape index (κ3) is 2.91. The monoisotopic (exact) mass is 365 g/mol. The Kier molecular flexibility index (Phi) is 4.27. The highest BCUT2D eigenvalue weighted by Crippen LogP contribution is 2.39. The van der Waals surface area contributed by atoms with Crippen molar-refractivity contribution in [3.05, 3.63) is 54.1 Å². The highest BCUT2D eigenvalue weighted by atomic mass is 16.5. The summed E-state index contributed by atoms with van der Waals surface area (Å²) in [7, 11) is 3.14. The molecule has 2 atom stereocenters. The van der Waals surface area contributed by atoms with E-state index in [0.717, 1.165) is 11.3 Å². The van der Waals surface area contributed by atoms with Crippen molar-refractivity contribution in [3.8, 4) is 11.5 Å². The number of aliphatic imine (C=N–C) groups is 1. The van der Waals surface area contributed by atoms with Gasteiger partial charge in [0.05, 0.1) is 14.2 Å². The van der Waals surface area contributed by atoms with Gasteiger partial charge in [-0.25, -0.2) is 4.79 Å². The molecule has 0 unspecified atom stereocenters. The zero-order chi connectivity index (χ0) is 19.0. The number of nitrogens with zero attached hydrogens (tertiary/aromatic N) is 2. The van der Waals surface area contributed by atoms with Crippen LogP contribution in [0.25, 0.3) is 0 Å². The van der Waals surface area contributed by atoms with Crippen molar-refractivity contribution < 1.29 is 19.1 Å². The molecule has 7 nitrogen and oxygen atoms in total. The van der Waals surface area contributed by atoms with E-state index >= 15 is 0 Å². The van der Waals surface area contributed by atoms with Crippen LogP contribution in [-0.2, 0) is 4.79 Å². The van der Waals surface area contributed by atoms with Crippen molar-refractivity contribution in [1.82, 2.24) is 5.32 Å². The molecule has 0 radical (unpaired) electrons. The summed E-state index contributed by atoms with van der Waals surface area (Å²) in [6.45, 7) is 0. The number of nitrogens with one attached hydrogen (secondary N) is 1. The molecule has 1 saturated heterocycles. The Morgan fingerprint density at radius 2 is 1.78 bits per heavy atom. The van der Waals surface area contributed by atoms with Crippen LogP contribution in [-0.4, -0.2) is 38.0 Å². The standard InChI is InChI=1S/C20H19N3O4/c1-26-15-9-8-12(10-16(15)27-2)14-11-17(24)21-19-18(14)23(20(25)22-19)13-6-4-3-5-7-13/h3-10,14,18H,11H2,1-2H3,(H,21,22,24,25)/t14-,18-/m1/s1. The van der Waals surface area contributed by atoms with Crippen LogP contribution >= 0.6 is 0 Å². The summed E-state index contributed by atoms with van der Waals surface area (Å²) < 4.78 is 10.7. The summed E-state index contributed by atoms with van der Waals surface area (Å²) in [5, 5.41) is 2.75. The van der Waals surface area contributed by atoms with Gasteiger partial charge in [0.25, 0.3) is 0 Å². The van der Waals surface area contributed by atoms with E-state index in [1.54, 1.807) is 25.2 Å². The van der Waals surface area contributed by atoms with Gasteiger partial charge in [0, 0.05) is 18.0 Å². The van der Waals surface area contributed by atoms with Gasteiger partial charge in [0.1, 0.15) is 11.9 Å². The summed E-state index contributed by atoms with van der Waals surface area (Å²) in [5.74, 6) is 1.17. The van der Waals surface area contributed by atoms with Crippen LogP contribution in [0.5, 0.6) is 11.5 Å². The number of urea groups is 1. The first-order valence-electron chi connectivity index (χ1n) is 8.61. The largest absolute Gasteiger partial charge is 0.493 e. The summed E-state index contributed by atoms with van der Waals surface area (Å²) >= 11 is 0. The van der Waals surface area contributed by atoms with Crippen molar-refractivity contribution in [2.45, 2.75) is 18.4 Å². The average molecular weight is 365 g/mol. The second kappa shape index (κ2) is 6.75. The number of benzene rings is 2. The molecule has 0 spiro atoms. The van der Waals surface area contributed by atoms with Gasteiger partial charge in [-0.15, -0.1) is 0 Å². The van der Waals surface area contributed by atoms with E-state index in [-0.39, 0.29) is 30.3 Å². The first-order chi connectivity index (χ1) is 13.1. The molecule has 138 valence electrons. The minimum atomic E-state index is -0.381. The van der Waals surface area contributed by atoms with Crippen molar-refractivity contribution in [1.29, 1.82) is 0 Å². The van der Waals surface area contributed by atoms with Crippen LogP contribution in [0, 0.1) is 0 Å². The van der Waals surface area contributed by atoms with E-state index in [9.17, 15) is 9.59 Å². The molecule has 2 heterocycles. The molecular weight excluding hydrogens is 346 g/mol. The molecule has 3 amide bonds. The van der Waals surface area contributed by atoms with Crippen LogP contribution in [0.3, 0.4) is 0 Å². The Morgan fingerprint density at radius 3 is 2.48 bits per heavy atom. The molecule has 7 heteroatoms. The third-order valence-electron chi connectivity index (χ3n) is 4.90. The summed E-state index contributed by atoms with van der Waals surface area (Å²) in [6.07, 6.45) is 0.246. The summed E-state index contributed by atoms with van der Waals surface area (Å²) in [5.41, 5.74) is 1.63. The van der Waals surface area contributed by atoms with E-state index in [2.05, 4.69) is 10.3 Å². The predicted molar refractivity (Wildman–Crippen MR) is 101 cm³/mol. The molecule has 1 fully saturated rings. The molecule has 2 aliphatic rings. The van der Waals surface area contributed by atoms with Crippen molar-refractivity contribution >= 4 is 23.5 Å². The van der Waals surface area contributed by atoms with Gasteiger partial charge in [0.15, 0.2) is 11.5 Å². The molecular formula is C20H19N3O4. The first kappa shape index (κ1) is 17.1. The Morgan fingerprint density at radius 1 is 1.04 bits per heavy atom. The fourth-order valence-corrected chi connectivity index (χ4v) is 3.69. The SMILES string of the molecule is COc1ccc([C@H]2CC(=O)NC3=NC(=O)N(c4ccccc4)[C@@H]32)cc1OC. The number of hydrogen-bond donors (Lipinski definition) is 1. The van der Waals surface area contributed by atoms with Gasteiger partial charge in [-0.3, -0.25) is 9.69 Å². The van der Waals surface area contributed by atoms with Crippen LogP contribution in [0.4, 0.5) is 10.5 Å². The highest BCUT2D eigenvalue weighted by Gasteiger charge is 2.46. The van der Waals surface area contributed by atoms with E-state index < -0.39 is 0 Å². The van der Waals surface area contributed by atoms with E-state index in [4.69, 9.17) is 9.47 Å².